The zero-order valence-electron chi connectivity index (χ0n) is 66.0. The van der Waals surface area contributed by atoms with Gasteiger partial charge in [-0.3, -0.25) is 86.3 Å². The molecule has 1 aromatic carbocycles. The van der Waals surface area contributed by atoms with Crippen LogP contribution in [0.2, 0.25) is 0 Å². The minimum Gasteiger partial charge on any atom is -0.481 e. The third-order valence-corrected chi connectivity index (χ3v) is 18.1. The summed E-state index contributed by atoms with van der Waals surface area (Å²) in [7, 11) is 0. The molecule has 0 radical (unpaired) electrons. The zero-order chi connectivity index (χ0) is 87.8. The maximum absolute atomic E-state index is 14.2. The Bertz CT molecular complexity index is 3510. The lowest BCUT2D eigenvalue weighted by Crippen LogP contribution is -2.62. The van der Waals surface area contributed by atoms with Crippen molar-refractivity contribution in [3.8, 4) is 0 Å². The van der Waals surface area contributed by atoms with Gasteiger partial charge in [0.15, 0.2) is 0 Å². The van der Waals surface area contributed by atoms with E-state index in [1.165, 1.54) is 55.4 Å². The lowest BCUT2D eigenvalue weighted by molar-refractivity contribution is -0.143. The second-order valence-corrected chi connectivity index (χ2v) is 28.8. The number of benzene rings is 1. The van der Waals surface area contributed by atoms with Crippen LogP contribution in [0.1, 0.15) is 165 Å². The number of hydrogen-bond acceptors (Lipinski definition) is 24. The van der Waals surface area contributed by atoms with Crippen LogP contribution in [0, 0.1) is 23.7 Å². The number of nitrogens with two attached hydrogens (primary N) is 3. The fourth-order valence-electron chi connectivity index (χ4n) is 11.2. The Labute approximate surface area is 663 Å². The largest absolute Gasteiger partial charge is 0.481 e. The minimum atomic E-state index is -2.03. The Morgan fingerprint density at radius 3 is 1.18 bits per heavy atom. The molecule has 1 aromatic rings. The highest BCUT2D eigenvalue weighted by atomic mass is 16.4. The van der Waals surface area contributed by atoms with Gasteiger partial charge in [-0.15, -0.1) is 0 Å². The fraction of sp³-hybridized carbons (Fsp3) is 0.653. The number of carbonyl (C=O) groups excluding carboxylic acids is 14. The number of primary amides is 1. The van der Waals surface area contributed by atoms with Crippen molar-refractivity contribution in [1.29, 1.82) is 0 Å². The van der Waals surface area contributed by atoms with Gasteiger partial charge >= 0.3 is 29.8 Å². The highest BCUT2D eigenvalue weighted by molar-refractivity contribution is 6.00. The lowest BCUT2D eigenvalue weighted by Gasteiger charge is -2.31. The van der Waals surface area contributed by atoms with Crippen LogP contribution >= 0.6 is 0 Å². The van der Waals surface area contributed by atoms with Gasteiger partial charge in [0.05, 0.1) is 43.7 Å². The van der Waals surface area contributed by atoms with Crippen molar-refractivity contribution in [2.45, 2.75) is 262 Å². The molecule has 0 aromatic heterocycles. The van der Waals surface area contributed by atoms with Crippen LogP contribution in [0.3, 0.4) is 0 Å². The summed E-state index contributed by atoms with van der Waals surface area (Å²) in [6.45, 7) is 13.2. The number of nitrogens with one attached hydrogen (secondary N) is 13. The van der Waals surface area contributed by atoms with Gasteiger partial charge in [-0.1, -0.05) is 98.6 Å². The van der Waals surface area contributed by atoms with E-state index in [9.17, 15) is 132 Å². The molecule has 14 amide bonds. The molecule has 43 nitrogen and oxygen atoms in total. The number of aliphatic hydroxyl groups excluding tert-OH is 3. The van der Waals surface area contributed by atoms with Crippen molar-refractivity contribution in [3.05, 3.63) is 35.9 Å². The molecule has 0 saturated carbocycles. The van der Waals surface area contributed by atoms with E-state index in [-0.39, 0.29) is 19.3 Å². The van der Waals surface area contributed by atoms with Gasteiger partial charge in [0.2, 0.25) is 82.7 Å². The maximum atomic E-state index is 14.2. The Morgan fingerprint density at radius 1 is 0.391 bits per heavy atom. The summed E-state index contributed by atoms with van der Waals surface area (Å²) in [4.78, 5) is 251. The molecule has 0 heterocycles. The first-order valence-corrected chi connectivity index (χ1v) is 37.5. The number of carboxylic acid groups (broad SMARTS) is 5. The molecule has 115 heavy (non-hydrogen) atoms. The van der Waals surface area contributed by atoms with Gasteiger partial charge in [0.25, 0.3) is 0 Å². The number of aliphatic carboxylic acids is 5. The maximum Gasteiger partial charge on any atom is 0.326 e. The summed E-state index contributed by atoms with van der Waals surface area (Å²) in [5.41, 5.74) is 17.5. The van der Waals surface area contributed by atoms with Crippen molar-refractivity contribution >= 4 is 113 Å². The zero-order valence-corrected chi connectivity index (χ0v) is 66.0. The normalized spacial score (nSPS) is 15.7. The minimum absolute atomic E-state index is 0.0786. The first-order valence-electron chi connectivity index (χ1n) is 37.5. The Kier molecular flexibility index (Phi) is 45.8. The van der Waals surface area contributed by atoms with Crippen molar-refractivity contribution in [1.82, 2.24) is 69.1 Å². The number of carbonyl (C=O) groups is 19. The third kappa shape index (κ3) is 38.1. The molecule has 17 atom stereocenters. The fourth-order valence-corrected chi connectivity index (χ4v) is 11.2. The first kappa shape index (κ1) is 102. The van der Waals surface area contributed by atoms with Gasteiger partial charge in [0.1, 0.15) is 72.5 Å². The molecule has 0 spiro atoms. The van der Waals surface area contributed by atoms with Crippen LogP contribution in [0.25, 0.3) is 0 Å². The van der Waals surface area contributed by atoms with Crippen LogP contribution in [-0.2, 0) is 97.5 Å². The summed E-state index contributed by atoms with van der Waals surface area (Å²) in [6.07, 6.45) is -9.85. The van der Waals surface area contributed by atoms with Gasteiger partial charge in [-0.2, -0.15) is 0 Å². The summed E-state index contributed by atoms with van der Waals surface area (Å²) in [5.74, 6) is -26.4. The summed E-state index contributed by atoms with van der Waals surface area (Å²) >= 11 is 0. The standard InChI is InChI=1S/C72H116N16O27/c1-11-36(8)58(87-65(107)44(23-27-54(100)101)78-62(104)42(21-25-52(96)97)80-71(113)59(38(10)90)88-61(103)40(74)19-15-16-28-73)70(112)83-47(32-89)67(109)79-43(22-26-53(98)99)64(106)86-57(35(6)7)69(111)81-45(30-49(75)92)66(108)85-55(33(2)3)48(91)31-50(93)84-56(34(4)5)68(110)76-37(9)60(102)77-41(20-24-51(94)95)63(105)82-46(72(114)115)29-39-17-13-12-14-18-39/h12-14,17-18,33-38,40-48,55-59,89-91H,11,15-16,19-32,73-74H2,1-10H3,(H2,75,92)(H,76,110)(H,77,102)(H,78,104)(H,79,109)(H,80,113)(H,81,111)(H,82,105)(H,83,112)(H,84,93)(H,85,108)(H,86,106)(H,87,107)(H,88,103)(H,94,95)(H,96,97)(H,98,99)(H,100,101)(H,114,115)/t36-,37-,38+,40?,41-,42-,43-,44-,45-,46-,47-,48-,55-,56-,57-,58-,59-/m0/s1. The smallest absolute Gasteiger partial charge is 0.326 e. The van der Waals surface area contributed by atoms with E-state index in [1.54, 1.807) is 37.3 Å². The molecule has 646 valence electrons. The van der Waals surface area contributed by atoms with E-state index in [2.05, 4.69) is 69.1 Å². The SMILES string of the molecule is CC[C@H](C)[C@H](NC(=O)[C@H](CCC(=O)O)NC(=O)[C@H](CCC(=O)O)NC(=O)[C@@H](NC(=O)C(N)CCCCN)[C@@H](C)O)C(=O)N[C@@H](CO)C(=O)N[C@@H](CCC(=O)O)C(=O)N[C@H](C(=O)N[C@@H](CC(N)=O)C(=O)N[C@@H](C(C)C)[C@@H](O)CC(=O)N[C@H](C(=O)N[C@@H](C)C(=O)N[C@@H](CCC(=O)O)C(=O)N[C@@H](Cc1ccccc1)C(=O)O)C(C)C)C(C)C. The molecule has 0 aliphatic heterocycles. The highest BCUT2D eigenvalue weighted by Gasteiger charge is 2.40. The van der Waals surface area contributed by atoms with Crippen molar-refractivity contribution in [2.75, 3.05) is 13.2 Å². The van der Waals surface area contributed by atoms with Crippen LogP contribution in [0.15, 0.2) is 30.3 Å². The molecular formula is C72H116N16O27. The average Bonchev–Trinajstić information content (AvgIpc) is 0.850. The summed E-state index contributed by atoms with van der Waals surface area (Å²) in [6, 6.07) is -15.0. The van der Waals surface area contributed by atoms with Crippen molar-refractivity contribution in [2.24, 2.45) is 40.9 Å². The molecular weight excluding hydrogens is 1520 g/mol. The van der Waals surface area contributed by atoms with Gasteiger partial charge in [0, 0.05) is 32.1 Å². The first-order chi connectivity index (χ1) is 53.7. The number of rotatable bonds is 56. The van der Waals surface area contributed by atoms with E-state index in [0.717, 1.165) is 6.92 Å². The van der Waals surface area contributed by atoms with E-state index < -0.39 is 304 Å². The van der Waals surface area contributed by atoms with Crippen LogP contribution in [-0.4, -0.2) is 263 Å². The van der Waals surface area contributed by atoms with Crippen LogP contribution in [0.4, 0.5) is 0 Å². The average molecular weight is 1640 g/mol. The van der Waals surface area contributed by atoms with E-state index in [4.69, 9.17) is 17.2 Å². The summed E-state index contributed by atoms with van der Waals surface area (Å²) in [5, 5.41) is 111. The van der Waals surface area contributed by atoms with E-state index in [1.807, 2.05) is 0 Å². The quantitative estimate of drug-likeness (QED) is 0.0270. The topological polar surface area (TPSA) is 721 Å². The van der Waals surface area contributed by atoms with E-state index in [0.29, 0.717) is 24.9 Å². The van der Waals surface area contributed by atoms with E-state index >= 15 is 0 Å². The molecule has 0 aliphatic carbocycles. The number of carboxylic acids is 5. The molecule has 1 unspecified atom stereocenters. The lowest BCUT2D eigenvalue weighted by atomic mass is 9.94. The third-order valence-electron chi connectivity index (χ3n) is 18.1. The number of hydrogen-bond donors (Lipinski definition) is 24. The molecule has 0 saturated heterocycles. The van der Waals surface area contributed by atoms with Crippen LogP contribution < -0.4 is 86.3 Å². The van der Waals surface area contributed by atoms with Gasteiger partial charge < -0.3 is 127 Å². The van der Waals surface area contributed by atoms with Crippen molar-refractivity contribution in [3.63, 3.8) is 0 Å². The summed E-state index contributed by atoms with van der Waals surface area (Å²) < 4.78 is 0. The molecule has 0 bridgehead atoms. The second-order valence-electron chi connectivity index (χ2n) is 28.8. The predicted octanol–water partition coefficient (Wildman–Crippen LogP) is -6.43. The Hall–Kier alpha value is -11.1. The monoisotopic (exact) mass is 1640 g/mol. The van der Waals surface area contributed by atoms with Gasteiger partial charge in [-0.25, -0.2) is 4.79 Å². The number of aliphatic hydroxyl groups is 3. The Balaban J connectivity index is 3.44. The predicted molar refractivity (Wildman–Crippen MR) is 404 cm³/mol. The molecule has 1 rings (SSSR count). The molecule has 27 N–H and O–H groups in total. The molecule has 0 fully saturated rings. The van der Waals surface area contributed by atoms with Crippen molar-refractivity contribution < 1.29 is 132 Å². The molecule has 0 aliphatic rings. The number of amides is 14. The Morgan fingerprint density at radius 2 is 0.765 bits per heavy atom. The molecule has 43 heteroatoms. The van der Waals surface area contributed by atoms with Crippen LogP contribution in [0.5, 0.6) is 0 Å². The number of unbranched alkanes of at least 4 members (excludes halogenated alkanes) is 1. The second kappa shape index (κ2) is 51.6. The van der Waals surface area contributed by atoms with Gasteiger partial charge in [-0.05, 0) is 88.2 Å². The highest BCUT2D eigenvalue weighted by Crippen LogP contribution is 2.17.